The topological polar surface area (TPSA) is 80.9 Å². The van der Waals surface area contributed by atoms with Crippen molar-refractivity contribution in [2.45, 2.75) is 32.2 Å². The predicted molar refractivity (Wildman–Crippen MR) is 77.4 cm³/mol. The number of halogens is 1. The lowest BCUT2D eigenvalue weighted by atomic mass is 9.86. The average Bonchev–Trinajstić information content (AvgIpc) is 3.10. The predicted octanol–water partition coefficient (Wildman–Crippen LogP) is 2.81. The molecule has 0 aliphatic heterocycles. The molecule has 1 N–H and O–H groups in total. The van der Waals surface area contributed by atoms with Gasteiger partial charge in [-0.15, -0.1) is 16.4 Å². The Hall–Kier alpha value is -1.28. The van der Waals surface area contributed by atoms with Gasteiger partial charge in [-0.1, -0.05) is 12.8 Å². The van der Waals surface area contributed by atoms with Crippen molar-refractivity contribution in [3.63, 3.8) is 0 Å². The quantitative estimate of drug-likeness (QED) is 0.910. The molecule has 0 atom stereocenters. The minimum absolute atomic E-state index is 0.334. The largest absolute Gasteiger partial charge is 0.481 e. The van der Waals surface area contributed by atoms with Crippen LogP contribution in [0.25, 0.3) is 10.7 Å². The molecule has 106 valence electrons. The summed E-state index contributed by atoms with van der Waals surface area (Å²) in [4.78, 5) is 12.5. The van der Waals surface area contributed by atoms with Crippen LogP contribution in [0.5, 0.6) is 0 Å². The highest BCUT2D eigenvalue weighted by Gasteiger charge is 2.42. The second-order valence-corrected chi connectivity index (χ2v) is 7.52. The molecule has 3 rings (SSSR count). The molecule has 0 amide bonds. The van der Waals surface area contributed by atoms with Crippen LogP contribution in [0.3, 0.4) is 0 Å². The first kappa shape index (κ1) is 13.7. The summed E-state index contributed by atoms with van der Waals surface area (Å²) in [5, 5.41) is 21.3. The Balaban J connectivity index is 1.92. The van der Waals surface area contributed by atoms with Crippen LogP contribution in [0.1, 0.15) is 25.7 Å². The molecule has 6 nitrogen and oxygen atoms in total. The Morgan fingerprint density at radius 2 is 2.20 bits per heavy atom. The molecule has 0 spiro atoms. The van der Waals surface area contributed by atoms with Crippen molar-refractivity contribution in [1.82, 2.24) is 20.2 Å². The van der Waals surface area contributed by atoms with Gasteiger partial charge in [0.15, 0.2) is 5.82 Å². The first-order valence-electron chi connectivity index (χ1n) is 6.36. The van der Waals surface area contributed by atoms with E-state index < -0.39 is 11.4 Å². The Labute approximate surface area is 127 Å². The third kappa shape index (κ3) is 2.37. The van der Waals surface area contributed by atoms with Gasteiger partial charge in [0, 0.05) is 0 Å². The van der Waals surface area contributed by atoms with Gasteiger partial charge in [-0.05, 0) is 51.3 Å². The fraction of sp³-hybridized carbons (Fsp3) is 0.500. The van der Waals surface area contributed by atoms with E-state index in [0.29, 0.717) is 25.2 Å². The van der Waals surface area contributed by atoms with E-state index in [0.717, 1.165) is 21.5 Å². The number of nitrogens with zero attached hydrogens (tertiary/aromatic N) is 4. The average molecular weight is 357 g/mol. The number of aliphatic carboxylic acids is 1. The van der Waals surface area contributed by atoms with Crippen molar-refractivity contribution in [2.24, 2.45) is 5.41 Å². The number of aromatic nitrogens is 4. The second-order valence-electron chi connectivity index (χ2n) is 5.06. The van der Waals surface area contributed by atoms with E-state index in [9.17, 15) is 9.90 Å². The van der Waals surface area contributed by atoms with Gasteiger partial charge < -0.3 is 5.11 Å². The zero-order valence-electron chi connectivity index (χ0n) is 10.6. The summed E-state index contributed by atoms with van der Waals surface area (Å²) in [5.74, 6) is -0.114. The molecule has 20 heavy (non-hydrogen) atoms. The van der Waals surface area contributed by atoms with Crippen molar-refractivity contribution in [3.8, 4) is 10.7 Å². The van der Waals surface area contributed by atoms with Gasteiger partial charge in [-0.25, -0.2) is 4.68 Å². The zero-order chi connectivity index (χ0) is 14.2. The molecule has 0 saturated heterocycles. The maximum absolute atomic E-state index is 11.6. The third-order valence-electron chi connectivity index (χ3n) is 3.79. The lowest BCUT2D eigenvalue weighted by molar-refractivity contribution is -0.149. The molecule has 2 heterocycles. The number of thiophene rings is 1. The fourth-order valence-electron chi connectivity index (χ4n) is 2.70. The number of hydrogen-bond donors (Lipinski definition) is 1. The first-order valence-corrected chi connectivity index (χ1v) is 7.97. The summed E-state index contributed by atoms with van der Waals surface area (Å²) in [6, 6.07) is 3.86. The van der Waals surface area contributed by atoms with Crippen molar-refractivity contribution in [3.05, 3.63) is 15.9 Å². The van der Waals surface area contributed by atoms with Crippen LogP contribution in [0.4, 0.5) is 0 Å². The van der Waals surface area contributed by atoms with Crippen LogP contribution >= 0.6 is 27.3 Å². The van der Waals surface area contributed by atoms with Gasteiger partial charge in [0.05, 0.1) is 20.6 Å². The SMILES string of the molecule is O=C(O)C1(Cn2nnnc2-c2ccc(Br)s2)CCCC1. The molecule has 1 aliphatic carbocycles. The summed E-state index contributed by atoms with van der Waals surface area (Å²) < 4.78 is 2.62. The van der Waals surface area contributed by atoms with Gasteiger partial charge >= 0.3 is 5.97 Å². The second kappa shape index (κ2) is 5.25. The van der Waals surface area contributed by atoms with Crippen molar-refractivity contribution >= 4 is 33.2 Å². The highest BCUT2D eigenvalue weighted by molar-refractivity contribution is 9.11. The Morgan fingerprint density at radius 1 is 1.45 bits per heavy atom. The van der Waals surface area contributed by atoms with Crippen LogP contribution in [-0.4, -0.2) is 31.3 Å². The van der Waals surface area contributed by atoms with Gasteiger partial charge in [0.1, 0.15) is 0 Å². The standard InChI is InChI=1S/C12H13BrN4O2S/c13-9-4-3-8(20-9)10-14-15-16-17(10)7-12(11(18)19)5-1-2-6-12/h3-4H,1-2,5-7H2,(H,18,19). The smallest absolute Gasteiger partial charge is 0.311 e. The normalized spacial score (nSPS) is 17.4. The first-order chi connectivity index (χ1) is 9.61. The van der Waals surface area contributed by atoms with Crippen LogP contribution in [0.2, 0.25) is 0 Å². The Bertz CT molecular complexity index is 633. The summed E-state index contributed by atoms with van der Waals surface area (Å²) in [7, 11) is 0. The van der Waals surface area contributed by atoms with Crippen molar-refractivity contribution in [1.29, 1.82) is 0 Å². The van der Waals surface area contributed by atoms with Gasteiger partial charge in [-0.2, -0.15) is 0 Å². The maximum Gasteiger partial charge on any atom is 0.311 e. The van der Waals surface area contributed by atoms with E-state index in [2.05, 4.69) is 31.5 Å². The molecular weight excluding hydrogens is 344 g/mol. The Morgan fingerprint density at radius 3 is 2.80 bits per heavy atom. The molecule has 0 radical (unpaired) electrons. The van der Waals surface area contributed by atoms with E-state index in [1.165, 1.54) is 11.3 Å². The molecule has 1 aliphatic rings. The molecule has 8 heteroatoms. The van der Waals surface area contributed by atoms with E-state index >= 15 is 0 Å². The molecule has 2 aromatic rings. The number of rotatable bonds is 4. The summed E-state index contributed by atoms with van der Waals surface area (Å²) in [6.07, 6.45) is 3.29. The molecule has 0 unspecified atom stereocenters. The number of tetrazole rings is 1. The van der Waals surface area contributed by atoms with Crippen LogP contribution in [0, 0.1) is 5.41 Å². The van der Waals surface area contributed by atoms with Crippen LogP contribution in [-0.2, 0) is 11.3 Å². The minimum atomic E-state index is -0.746. The maximum atomic E-state index is 11.6. The highest BCUT2D eigenvalue weighted by Crippen LogP contribution is 2.40. The fourth-order valence-corrected chi connectivity index (χ4v) is 4.08. The molecule has 0 aromatic carbocycles. The van der Waals surface area contributed by atoms with E-state index in [4.69, 9.17) is 0 Å². The van der Waals surface area contributed by atoms with E-state index in [-0.39, 0.29) is 0 Å². The summed E-state index contributed by atoms with van der Waals surface area (Å²) >= 11 is 4.94. The molecule has 1 fully saturated rings. The molecule has 2 aromatic heterocycles. The van der Waals surface area contributed by atoms with Gasteiger partial charge in [-0.3, -0.25) is 4.79 Å². The monoisotopic (exact) mass is 356 g/mol. The number of carbonyl (C=O) groups is 1. The number of hydrogen-bond acceptors (Lipinski definition) is 5. The zero-order valence-corrected chi connectivity index (χ0v) is 13.0. The van der Waals surface area contributed by atoms with Gasteiger partial charge in [0.2, 0.25) is 0 Å². The van der Waals surface area contributed by atoms with E-state index in [1.807, 2.05) is 12.1 Å². The van der Waals surface area contributed by atoms with Gasteiger partial charge in [0.25, 0.3) is 0 Å². The molecule has 0 bridgehead atoms. The van der Waals surface area contributed by atoms with Crippen LogP contribution in [0.15, 0.2) is 15.9 Å². The Kier molecular flexibility index (Phi) is 3.59. The minimum Gasteiger partial charge on any atom is -0.481 e. The molecular formula is C12H13BrN4O2S. The lowest BCUT2D eigenvalue weighted by Crippen LogP contribution is -2.33. The highest BCUT2D eigenvalue weighted by atomic mass is 79.9. The van der Waals surface area contributed by atoms with Crippen molar-refractivity contribution in [2.75, 3.05) is 0 Å². The number of carboxylic acids is 1. The summed E-state index contributed by atoms with van der Waals surface area (Å²) in [6.45, 7) is 0.334. The third-order valence-corrected chi connectivity index (χ3v) is 5.41. The van der Waals surface area contributed by atoms with Crippen LogP contribution < -0.4 is 0 Å². The summed E-state index contributed by atoms with van der Waals surface area (Å²) in [5.41, 5.74) is -0.724. The lowest BCUT2D eigenvalue weighted by Gasteiger charge is -2.23. The molecule has 1 saturated carbocycles. The van der Waals surface area contributed by atoms with E-state index in [1.54, 1.807) is 4.68 Å². The number of carboxylic acid groups (broad SMARTS) is 1. The van der Waals surface area contributed by atoms with Crippen molar-refractivity contribution < 1.29 is 9.90 Å².